The Hall–Kier alpha value is -0.120. The molecule has 1 aromatic heterocycles. The van der Waals surface area contributed by atoms with Gasteiger partial charge in [-0.1, -0.05) is 11.6 Å². The number of nitrogens with zero attached hydrogens (tertiary/aromatic N) is 1. The van der Waals surface area contributed by atoms with Gasteiger partial charge >= 0.3 is 0 Å². The minimum atomic E-state index is -0.495. The maximum absolute atomic E-state index is 8.98. The van der Waals surface area contributed by atoms with E-state index in [0.29, 0.717) is 5.15 Å². The summed E-state index contributed by atoms with van der Waals surface area (Å²) in [6.07, 6.45) is -0.495. The molecule has 9 heavy (non-hydrogen) atoms. The number of thiazole rings is 1. The van der Waals surface area contributed by atoms with Crippen LogP contribution in [-0.2, 0) is 0 Å². The zero-order valence-corrected chi connectivity index (χ0v) is 6.41. The Labute approximate surface area is 62.1 Å². The number of rotatable bonds is 1. The standard InChI is InChI=1S/C5H6ClNOS/c1-3(8)4-5(6)7-2-9-4/h2-3,8H,1H3/t3-/m1/s1. The normalized spacial score (nSPS) is 13.7. The predicted octanol–water partition coefficient (Wildman–Crippen LogP) is 1.85. The van der Waals surface area contributed by atoms with Gasteiger partial charge in [-0.25, -0.2) is 4.98 Å². The number of halogens is 1. The van der Waals surface area contributed by atoms with Gasteiger partial charge in [0.25, 0.3) is 0 Å². The minimum Gasteiger partial charge on any atom is -0.388 e. The lowest BCUT2D eigenvalue weighted by atomic mass is 10.4. The molecule has 0 fully saturated rings. The lowest BCUT2D eigenvalue weighted by Gasteiger charge is -1.96. The third-order valence-corrected chi connectivity index (χ3v) is 2.34. The van der Waals surface area contributed by atoms with Crippen molar-refractivity contribution in [2.24, 2.45) is 0 Å². The Bertz CT molecular complexity index is 199. The monoisotopic (exact) mass is 163 g/mol. The summed E-state index contributed by atoms with van der Waals surface area (Å²) < 4.78 is 0. The van der Waals surface area contributed by atoms with Crippen LogP contribution >= 0.6 is 22.9 Å². The van der Waals surface area contributed by atoms with Crippen LogP contribution in [0, 0.1) is 0 Å². The van der Waals surface area contributed by atoms with Crippen LogP contribution in [0.25, 0.3) is 0 Å². The van der Waals surface area contributed by atoms with Crippen LogP contribution in [0.4, 0.5) is 0 Å². The number of aromatic nitrogens is 1. The van der Waals surface area contributed by atoms with Gasteiger partial charge in [0.1, 0.15) is 5.15 Å². The van der Waals surface area contributed by atoms with Crippen molar-refractivity contribution in [3.8, 4) is 0 Å². The molecule has 0 bridgehead atoms. The summed E-state index contributed by atoms with van der Waals surface area (Å²) in [5.41, 5.74) is 1.62. The molecular weight excluding hydrogens is 158 g/mol. The molecule has 0 aliphatic heterocycles. The maximum atomic E-state index is 8.98. The van der Waals surface area contributed by atoms with Crippen molar-refractivity contribution in [3.63, 3.8) is 0 Å². The second kappa shape index (κ2) is 2.64. The number of hydrogen-bond acceptors (Lipinski definition) is 3. The Morgan fingerprint density at radius 1 is 1.89 bits per heavy atom. The van der Waals surface area contributed by atoms with Gasteiger partial charge in [0.2, 0.25) is 0 Å². The van der Waals surface area contributed by atoms with E-state index in [2.05, 4.69) is 4.98 Å². The van der Waals surface area contributed by atoms with Crippen molar-refractivity contribution in [2.45, 2.75) is 13.0 Å². The van der Waals surface area contributed by atoms with Gasteiger partial charge < -0.3 is 5.11 Å². The molecule has 1 aromatic rings. The average Bonchev–Trinajstić information content (AvgIpc) is 2.13. The van der Waals surface area contributed by atoms with Crippen molar-refractivity contribution in [1.82, 2.24) is 4.98 Å². The molecule has 0 radical (unpaired) electrons. The number of aliphatic hydroxyl groups is 1. The Morgan fingerprint density at radius 3 is 2.78 bits per heavy atom. The molecule has 0 spiro atoms. The molecule has 0 saturated carbocycles. The van der Waals surface area contributed by atoms with Crippen molar-refractivity contribution in [1.29, 1.82) is 0 Å². The highest BCUT2D eigenvalue weighted by Gasteiger charge is 2.07. The molecule has 0 unspecified atom stereocenters. The lowest BCUT2D eigenvalue weighted by Crippen LogP contribution is -1.85. The maximum Gasteiger partial charge on any atom is 0.145 e. The van der Waals surface area contributed by atoms with Crippen LogP contribution in [-0.4, -0.2) is 10.1 Å². The quantitative estimate of drug-likeness (QED) is 0.686. The van der Waals surface area contributed by atoms with Crippen molar-refractivity contribution in [3.05, 3.63) is 15.5 Å². The predicted molar refractivity (Wildman–Crippen MR) is 37.8 cm³/mol. The van der Waals surface area contributed by atoms with Gasteiger partial charge in [-0.3, -0.25) is 0 Å². The lowest BCUT2D eigenvalue weighted by molar-refractivity contribution is 0.203. The number of hydrogen-bond donors (Lipinski definition) is 1. The summed E-state index contributed by atoms with van der Waals surface area (Å²) in [5.74, 6) is 0. The van der Waals surface area contributed by atoms with Gasteiger partial charge in [0.15, 0.2) is 0 Å². The number of aliphatic hydroxyl groups excluding tert-OH is 1. The van der Waals surface area contributed by atoms with Gasteiger partial charge in [0.05, 0.1) is 16.5 Å². The summed E-state index contributed by atoms with van der Waals surface area (Å²) in [4.78, 5) is 4.49. The largest absolute Gasteiger partial charge is 0.388 e. The average molecular weight is 164 g/mol. The van der Waals surface area contributed by atoms with Crippen LogP contribution in [0.15, 0.2) is 5.51 Å². The molecular formula is C5H6ClNOS. The van der Waals surface area contributed by atoms with E-state index in [9.17, 15) is 0 Å². The minimum absolute atomic E-state index is 0.412. The summed E-state index contributed by atoms with van der Waals surface area (Å²) in [6.45, 7) is 1.67. The Balaban J connectivity index is 2.94. The zero-order chi connectivity index (χ0) is 6.85. The molecule has 2 nitrogen and oxygen atoms in total. The van der Waals surface area contributed by atoms with E-state index < -0.39 is 6.10 Å². The molecule has 4 heteroatoms. The molecule has 1 rings (SSSR count). The van der Waals surface area contributed by atoms with E-state index >= 15 is 0 Å². The molecule has 0 aliphatic rings. The van der Waals surface area contributed by atoms with Crippen LogP contribution < -0.4 is 0 Å². The summed E-state index contributed by atoms with van der Waals surface area (Å²) >= 11 is 6.94. The first-order chi connectivity index (χ1) is 4.22. The van der Waals surface area contributed by atoms with Crippen molar-refractivity contribution in [2.75, 3.05) is 0 Å². The van der Waals surface area contributed by atoms with Crippen LogP contribution in [0.1, 0.15) is 17.9 Å². The van der Waals surface area contributed by atoms with Crippen LogP contribution in [0.2, 0.25) is 5.15 Å². The second-order valence-corrected chi connectivity index (χ2v) is 2.93. The molecule has 1 atom stereocenters. The fourth-order valence-electron chi connectivity index (χ4n) is 0.512. The van der Waals surface area contributed by atoms with E-state index in [1.54, 1.807) is 12.4 Å². The first-order valence-electron chi connectivity index (χ1n) is 2.48. The molecule has 0 aromatic carbocycles. The van der Waals surface area contributed by atoms with Crippen molar-refractivity contribution >= 4 is 22.9 Å². The summed E-state index contributed by atoms with van der Waals surface area (Å²) in [7, 11) is 0. The summed E-state index contributed by atoms with van der Waals surface area (Å²) in [5, 5.41) is 9.39. The SMILES string of the molecule is C[C@@H](O)c1scnc1Cl. The molecule has 0 amide bonds. The first kappa shape index (κ1) is 6.99. The van der Waals surface area contributed by atoms with E-state index in [0.717, 1.165) is 4.88 Å². The fourth-order valence-corrected chi connectivity index (χ4v) is 1.53. The Kier molecular flexibility index (Phi) is 2.05. The molecule has 1 heterocycles. The topological polar surface area (TPSA) is 33.1 Å². The highest BCUT2D eigenvalue weighted by atomic mass is 35.5. The van der Waals surface area contributed by atoms with E-state index in [1.165, 1.54) is 11.3 Å². The Morgan fingerprint density at radius 2 is 2.56 bits per heavy atom. The fraction of sp³-hybridized carbons (Fsp3) is 0.400. The third kappa shape index (κ3) is 1.41. The molecule has 50 valence electrons. The summed E-state index contributed by atoms with van der Waals surface area (Å²) in [6, 6.07) is 0. The molecule has 1 N–H and O–H groups in total. The van der Waals surface area contributed by atoms with Crippen LogP contribution in [0.5, 0.6) is 0 Å². The highest BCUT2D eigenvalue weighted by Crippen LogP contribution is 2.24. The van der Waals surface area contributed by atoms with Gasteiger partial charge in [-0.2, -0.15) is 0 Å². The molecule has 0 aliphatic carbocycles. The van der Waals surface area contributed by atoms with E-state index in [1.807, 2.05) is 0 Å². The third-order valence-electron chi connectivity index (χ3n) is 0.928. The van der Waals surface area contributed by atoms with Gasteiger partial charge in [-0.05, 0) is 6.92 Å². The van der Waals surface area contributed by atoms with E-state index in [4.69, 9.17) is 16.7 Å². The van der Waals surface area contributed by atoms with Crippen molar-refractivity contribution < 1.29 is 5.11 Å². The molecule has 0 saturated heterocycles. The zero-order valence-electron chi connectivity index (χ0n) is 4.84. The van der Waals surface area contributed by atoms with Gasteiger partial charge in [0, 0.05) is 0 Å². The second-order valence-electron chi connectivity index (χ2n) is 1.68. The van der Waals surface area contributed by atoms with E-state index in [-0.39, 0.29) is 0 Å². The van der Waals surface area contributed by atoms with Gasteiger partial charge in [-0.15, -0.1) is 11.3 Å². The highest BCUT2D eigenvalue weighted by molar-refractivity contribution is 7.10. The van der Waals surface area contributed by atoms with Crippen LogP contribution in [0.3, 0.4) is 0 Å². The smallest absolute Gasteiger partial charge is 0.145 e. The first-order valence-corrected chi connectivity index (χ1v) is 3.74.